The summed E-state index contributed by atoms with van der Waals surface area (Å²) in [4.78, 5) is 7.84. The second-order valence-electron chi connectivity index (χ2n) is 3.76. The van der Waals surface area contributed by atoms with Gasteiger partial charge in [-0.15, -0.1) is 0 Å². The van der Waals surface area contributed by atoms with Crippen molar-refractivity contribution in [2.75, 3.05) is 7.11 Å². The Morgan fingerprint density at radius 3 is 3.00 bits per heavy atom. The van der Waals surface area contributed by atoms with Gasteiger partial charge in [0.1, 0.15) is 5.75 Å². The Labute approximate surface area is 99.6 Å². The van der Waals surface area contributed by atoms with Gasteiger partial charge in [0.15, 0.2) is 5.16 Å². The molecule has 0 aliphatic rings. The number of nitrogens with one attached hydrogen (secondary N) is 1. The molecule has 86 valence electrons. The molecule has 0 saturated carbocycles. The zero-order valence-corrected chi connectivity index (χ0v) is 10.6. The number of aromatic amines is 1. The first-order valence-electron chi connectivity index (χ1n) is 5.43. The van der Waals surface area contributed by atoms with E-state index in [-0.39, 0.29) is 0 Å². The van der Waals surface area contributed by atoms with E-state index >= 15 is 0 Å². The Kier molecular flexibility index (Phi) is 3.39. The van der Waals surface area contributed by atoms with Crippen LogP contribution in [0.3, 0.4) is 0 Å². The van der Waals surface area contributed by atoms with Crippen LogP contribution in [0.1, 0.15) is 20.3 Å². The highest BCUT2D eigenvalue weighted by Crippen LogP contribution is 2.26. The van der Waals surface area contributed by atoms with E-state index in [1.807, 2.05) is 18.2 Å². The Balaban J connectivity index is 2.29. The van der Waals surface area contributed by atoms with Crippen molar-refractivity contribution in [2.24, 2.45) is 0 Å². The van der Waals surface area contributed by atoms with E-state index in [1.54, 1.807) is 18.9 Å². The lowest BCUT2D eigenvalue weighted by molar-refractivity contribution is 0.415. The van der Waals surface area contributed by atoms with E-state index in [1.165, 1.54) is 0 Å². The molecule has 3 nitrogen and oxygen atoms in total. The average molecular weight is 236 g/mol. The third kappa shape index (κ3) is 2.32. The van der Waals surface area contributed by atoms with Gasteiger partial charge in [-0.2, -0.15) is 0 Å². The SMILES string of the molecule is CCC(C)Sc1nc2ccc(OC)cc2[nH]1. The van der Waals surface area contributed by atoms with Gasteiger partial charge in [-0.05, 0) is 18.6 Å². The zero-order chi connectivity index (χ0) is 11.5. The van der Waals surface area contributed by atoms with Gasteiger partial charge in [-0.25, -0.2) is 4.98 Å². The van der Waals surface area contributed by atoms with Crippen LogP contribution in [-0.2, 0) is 0 Å². The van der Waals surface area contributed by atoms with Gasteiger partial charge in [0.25, 0.3) is 0 Å². The molecule has 1 aromatic heterocycles. The second-order valence-corrected chi connectivity index (χ2v) is 5.19. The molecule has 1 heterocycles. The van der Waals surface area contributed by atoms with Crippen molar-refractivity contribution in [1.82, 2.24) is 9.97 Å². The maximum atomic E-state index is 5.18. The molecule has 1 atom stereocenters. The van der Waals surface area contributed by atoms with Gasteiger partial charge in [-0.1, -0.05) is 25.6 Å². The number of imidazole rings is 1. The number of thioether (sulfide) groups is 1. The van der Waals surface area contributed by atoms with Gasteiger partial charge in [0, 0.05) is 11.3 Å². The van der Waals surface area contributed by atoms with Gasteiger partial charge in [0.2, 0.25) is 0 Å². The number of rotatable bonds is 4. The molecule has 0 aliphatic carbocycles. The first-order valence-corrected chi connectivity index (χ1v) is 6.31. The van der Waals surface area contributed by atoms with Crippen molar-refractivity contribution in [2.45, 2.75) is 30.7 Å². The van der Waals surface area contributed by atoms with Crippen molar-refractivity contribution in [3.63, 3.8) is 0 Å². The standard InChI is InChI=1S/C12H16N2OS/c1-4-8(2)16-12-13-10-6-5-9(15-3)7-11(10)14-12/h5-8H,4H2,1-3H3,(H,13,14). The lowest BCUT2D eigenvalue weighted by Gasteiger charge is -2.03. The van der Waals surface area contributed by atoms with E-state index in [0.29, 0.717) is 5.25 Å². The van der Waals surface area contributed by atoms with Crippen molar-refractivity contribution < 1.29 is 4.74 Å². The molecule has 0 aliphatic heterocycles. The van der Waals surface area contributed by atoms with E-state index < -0.39 is 0 Å². The van der Waals surface area contributed by atoms with Crippen LogP contribution in [0.4, 0.5) is 0 Å². The maximum absolute atomic E-state index is 5.18. The Morgan fingerprint density at radius 2 is 2.31 bits per heavy atom. The average Bonchev–Trinajstić information content (AvgIpc) is 2.69. The summed E-state index contributed by atoms with van der Waals surface area (Å²) < 4.78 is 5.18. The first kappa shape index (κ1) is 11.3. The molecule has 2 aromatic rings. The van der Waals surface area contributed by atoms with Crippen molar-refractivity contribution >= 4 is 22.8 Å². The lowest BCUT2D eigenvalue weighted by atomic mass is 10.3. The highest BCUT2D eigenvalue weighted by molar-refractivity contribution is 7.99. The number of hydrogen-bond acceptors (Lipinski definition) is 3. The molecule has 2 rings (SSSR count). The molecule has 1 aromatic carbocycles. The van der Waals surface area contributed by atoms with Crippen molar-refractivity contribution in [3.05, 3.63) is 18.2 Å². The lowest BCUT2D eigenvalue weighted by Crippen LogP contribution is -1.92. The predicted octanol–water partition coefficient (Wildman–Crippen LogP) is 3.46. The fourth-order valence-electron chi connectivity index (χ4n) is 1.42. The van der Waals surface area contributed by atoms with Gasteiger partial charge in [-0.3, -0.25) is 0 Å². The van der Waals surface area contributed by atoms with E-state index in [9.17, 15) is 0 Å². The van der Waals surface area contributed by atoms with Crippen LogP contribution >= 0.6 is 11.8 Å². The zero-order valence-electron chi connectivity index (χ0n) is 9.78. The van der Waals surface area contributed by atoms with Crippen molar-refractivity contribution in [3.8, 4) is 5.75 Å². The topological polar surface area (TPSA) is 37.9 Å². The molecular weight excluding hydrogens is 220 g/mol. The number of nitrogens with zero attached hydrogens (tertiary/aromatic N) is 1. The molecule has 1 N–H and O–H groups in total. The molecule has 0 bridgehead atoms. The van der Waals surface area contributed by atoms with E-state index in [0.717, 1.165) is 28.4 Å². The molecule has 0 fully saturated rings. The molecule has 1 unspecified atom stereocenters. The Bertz CT molecular complexity index is 481. The van der Waals surface area contributed by atoms with Crippen LogP contribution in [-0.4, -0.2) is 22.3 Å². The monoisotopic (exact) mass is 236 g/mol. The first-order chi connectivity index (χ1) is 7.72. The Morgan fingerprint density at radius 1 is 1.50 bits per heavy atom. The second kappa shape index (κ2) is 4.78. The van der Waals surface area contributed by atoms with Crippen LogP contribution in [0, 0.1) is 0 Å². The summed E-state index contributed by atoms with van der Waals surface area (Å²) in [6, 6.07) is 5.88. The minimum atomic E-state index is 0.586. The summed E-state index contributed by atoms with van der Waals surface area (Å²) in [5.41, 5.74) is 2.02. The minimum absolute atomic E-state index is 0.586. The van der Waals surface area contributed by atoms with Crippen LogP contribution in [0.25, 0.3) is 11.0 Å². The number of H-pyrrole nitrogens is 1. The fourth-order valence-corrected chi connectivity index (χ4v) is 2.29. The summed E-state index contributed by atoms with van der Waals surface area (Å²) in [5, 5.41) is 1.57. The van der Waals surface area contributed by atoms with Gasteiger partial charge in [0.05, 0.1) is 18.1 Å². The van der Waals surface area contributed by atoms with E-state index in [2.05, 4.69) is 23.8 Å². The summed E-state index contributed by atoms with van der Waals surface area (Å²) in [6.45, 7) is 4.39. The van der Waals surface area contributed by atoms with Crippen LogP contribution in [0.5, 0.6) is 5.75 Å². The largest absolute Gasteiger partial charge is 0.497 e. The van der Waals surface area contributed by atoms with Crippen LogP contribution in [0.2, 0.25) is 0 Å². The highest BCUT2D eigenvalue weighted by atomic mass is 32.2. The predicted molar refractivity (Wildman–Crippen MR) is 68.3 cm³/mol. The normalized spacial score (nSPS) is 12.9. The molecule has 16 heavy (non-hydrogen) atoms. The third-order valence-corrected chi connectivity index (χ3v) is 3.71. The molecule has 0 amide bonds. The summed E-state index contributed by atoms with van der Waals surface area (Å²) in [5.74, 6) is 0.858. The van der Waals surface area contributed by atoms with Gasteiger partial charge >= 0.3 is 0 Å². The van der Waals surface area contributed by atoms with E-state index in [4.69, 9.17) is 4.74 Å². The van der Waals surface area contributed by atoms with Crippen molar-refractivity contribution in [1.29, 1.82) is 0 Å². The smallest absolute Gasteiger partial charge is 0.166 e. The fraction of sp³-hybridized carbons (Fsp3) is 0.417. The molecule has 0 saturated heterocycles. The molecule has 4 heteroatoms. The van der Waals surface area contributed by atoms with Crippen LogP contribution in [0.15, 0.2) is 23.4 Å². The summed E-state index contributed by atoms with van der Waals surface area (Å²) in [6.07, 6.45) is 1.14. The number of benzene rings is 1. The number of aromatic nitrogens is 2. The maximum Gasteiger partial charge on any atom is 0.166 e. The van der Waals surface area contributed by atoms with Gasteiger partial charge < -0.3 is 9.72 Å². The number of hydrogen-bond donors (Lipinski definition) is 1. The summed E-state index contributed by atoms with van der Waals surface area (Å²) in [7, 11) is 1.67. The highest BCUT2D eigenvalue weighted by Gasteiger charge is 2.07. The Hall–Kier alpha value is -1.16. The number of fused-ring (bicyclic) bond motifs is 1. The number of ether oxygens (including phenoxy) is 1. The third-order valence-electron chi connectivity index (χ3n) is 2.56. The molecule has 0 spiro atoms. The minimum Gasteiger partial charge on any atom is -0.497 e. The number of methoxy groups -OCH3 is 1. The molecular formula is C12H16N2OS. The van der Waals surface area contributed by atoms with Crippen LogP contribution < -0.4 is 4.74 Å². The molecule has 0 radical (unpaired) electrons. The quantitative estimate of drug-likeness (QED) is 0.826. The summed E-state index contributed by atoms with van der Waals surface area (Å²) >= 11 is 1.78.